The molecule has 0 aliphatic carbocycles. The van der Waals surface area contributed by atoms with Gasteiger partial charge in [0, 0.05) is 10.5 Å². The number of halogens is 1. The fourth-order valence-electron chi connectivity index (χ4n) is 2.14. The van der Waals surface area contributed by atoms with Crippen molar-refractivity contribution >= 4 is 51.2 Å². The Labute approximate surface area is 176 Å². The predicted molar refractivity (Wildman–Crippen MR) is 114 cm³/mol. The van der Waals surface area contributed by atoms with E-state index in [0.29, 0.717) is 21.5 Å². The Morgan fingerprint density at radius 3 is 2.43 bits per heavy atom. The Morgan fingerprint density at radius 2 is 1.75 bits per heavy atom. The molecular formula is C19H18BrN3O4S. The molecule has 2 aromatic carbocycles. The lowest BCUT2D eigenvalue weighted by atomic mass is 10.2. The van der Waals surface area contributed by atoms with Crippen LogP contribution in [0.3, 0.4) is 0 Å². The monoisotopic (exact) mass is 463 g/mol. The summed E-state index contributed by atoms with van der Waals surface area (Å²) in [4.78, 5) is 24.0. The number of hydrogen-bond acceptors (Lipinski definition) is 5. The number of benzene rings is 2. The number of carbonyl (C=O) groups excluding carboxylic acids is 2. The summed E-state index contributed by atoms with van der Waals surface area (Å²) in [5.74, 6) is 0.291. The first-order valence-electron chi connectivity index (χ1n) is 8.00. The van der Waals surface area contributed by atoms with E-state index in [4.69, 9.17) is 21.7 Å². The van der Waals surface area contributed by atoms with E-state index in [0.717, 1.165) is 5.56 Å². The van der Waals surface area contributed by atoms with Crippen molar-refractivity contribution in [2.24, 2.45) is 0 Å². The molecule has 146 valence electrons. The van der Waals surface area contributed by atoms with Crippen LogP contribution in [0.2, 0.25) is 0 Å². The first-order chi connectivity index (χ1) is 13.4. The van der Waals surface area contributed by atoms with E-state index in [1.165, 1.54) is 13.2 Å². The number of hydrogen-bond donors (Lipinski definition) is 3. The van der Waals surface area contributed by atoms with E-state index < -0.39 is 11.8 Å². The number of ether oxygens (including phenoxy) is 2. The molecule has 2 aromatic rings. The van der Waals surface area contributed by atoms with Gasteiger partial charge in [-0.2, -0.15) is 0 Å². The van der Waals surface area contributed by atoms with Crippen LogP contribution in [0.25, 0.3) is 6.08 Å². The predicted octanol–water partition coefficient (Wildman–Crippen LogP) is 2.82. The molecule has 0 aromatic heterocycles. The van der Waals surface area contributed by atoms with Crippen LogP contribution in [0.4, 0.5) is 0 Å². The molecule has 0 spiro atoms. The summed E-state index contributed by atoms with van der Waals surface area (Å²) < 4.78 is 11.0. The van der Waals surface area contributed by atoms with Crippen LogP contribution in [-0.4, -0.2) is 31.1 Å². The van der Waals surface area contributed by atoms with Crippen LogP contribution in [0, 0.1) is 0 Å². The zero-order chi connectivity index (χ0) is 20.5. The standard InChI is InChI=1S/C19H18BrN3O4S/c1-26-15-9-7-12(11-16(15)27-2)8-10-17(24)21-19(28)23-22-18(25)13-5-3-4-6-14(13)20/h3-11H,1-2H3,(H,22,25)(H2,21,23,24,28)/b10-8+. The number of amides is 2. The maximum Gasteiger partial charge on any atom is 0.270 e. The smallest absolute Gasteiger partial charge is 0.270 e. The van der Waals surface area contributed by atoms with Crippen molar-refractivity contribution in [2.75, 3.05) is 14.2 Å². The van der Waals surface area contributed by atoms with Gasteiger partial charge in [-0.05, 0) is 64.1 Å². The molecule has 0 radical (unpaired) electrons. The molecule has 0 bridgehead atoms. The number of carbonyl (C=O) groups is 2. The van der Waals surface area contributed by atoms with Gasteiger partial charge in [0.25, 0.3) is 5.91 Å². The van der Waals surface area contributed by atoms with Crippen LogP contribution >= 0.6 is 28.1 Å². The number of methoxy groups -OCH3 is 2. The molecule has 9 heteroatoms. The van der Waals surface area contributed by atoms with Crippen molar-refractivity contribution < 1.29 is 19.1 Å². The summed E-state index contributed by atoms with van der Waals surface area (Å²) in [6.45, 7) is 0. The molecule has 2 rings (SSSR count). The molecular weight excluding hydrogens is 446 g/mol. The zero-order valence-electron chi connectivity index (χ0n) is 15.1. The Hall–Kier alpha value is -2.91. The minimum atomic E-state index is -0.456. The highest BCUT2D eigenvalue weighted by molar-refractivity contribution is 9.10. The molecule has 0 unspecified atom stereocenters. The summed E-state index contributed by atoms with van der Waals surface area (Å²) in [6.07, 6.45) is 2.91. The molecule has 0 aliphatic rings. The van der Waals surface area contributed by atoms with Crippen molar-refractivity contribution in [1.82, 2.24) is 16.2 Å². The molecule has 0 atom stereocenters. The van der Waals surface area contributed by atoms with Crippen molar-refractivity contribution in [3.63, 3.8) is 0 Å². The summed E-state index contributed by atoms with van der Waals surface area (Å²) in [6, 6.07) is 12.2. The first kappa shape index (κ1) is 21.4. The van der Waals surface area contributed by atoms with Gasteiger partial charge in [-0.15, -0.1) is 0 Å². The maximum atomic E-state index is 12.1. The Balaban J connectivity index is 1.87. The number of rotatable bonds is 5. The van der Waals surface area contributed by atoms with Gasteiger partial charge >= 0.3 is 0 Å². The normalized spacial score (nSPS) is 10.2. The van der Waals surface area contributed by atoms with E-state index in [2.05, 4.69) is 32.1 Å². The van der Waals surface area contributed by atoms with Crippen LogP contribution < -0.4 is 25.6 Å². The second kappa shape index (κ2) is 10.4. The number of nitrogens with one attached hydrogen (secondary N) is 3. The fraction of sp³-hybridized carbons (Fsp3) is 0.105. The van der Waals surface area contributed by atoms with Gasteiger partial charge in [0.1, 0.15) is 0 Å². The summed E-state index contributed by atoms with van der Waals surface area (Å²) in [5.41, 5.74) is 6.07. The Bertz CT molecular complexity index is 918. The van der Waals surface area contributed by atoms with E-state index in [9.17, 15) is 9.59 Å². The largest absolute Gasteiger partial charge is 0.493 e. The van der Waals surface area contributed by atoms with E-state index in [1.807, 2.05) is 0 Å². The molecule has 2 amide bonds. The zero-order valence-corrected chi connectivity index (χ0v) is 17.5. The second-order valence-corrected chi connectivity index (χ2v) is 6.59. The van der Waals surface area contributed by atoms with Gasteiger partial charge in [0.15, 0.2) is 16.6 Å². The van der Waals surface area contributed by atoms with Crippen LogP contribution in [0.15, 0.2) is 53.0 Å². The number of thiocarbonyl (C=S) groups is 1. The summed E-state index contributed by atoms with van der Waals surface area (Å²) in [5, 5.41) is 2.40. The first-order valence-corrected chi connectivity index (χ1v) is 9.20. The van der Waals surface area contributed by atoms with Gasteiger partial charge < -0.3 is 9.47 Å². The van der Waals surface area contributed by atoms with Crippen molar-refractivity contribution in [2.45, 2.75) is 0 Å². The molecule has 0 aliphatic heterocycles. The quantitative estimate of drug-likeness (QED) is 0.359. The van der Waals surface area contributed by atoms with Gasteiger partial charge in [0.05, 0.1) is 19.8 Å². The Morgan fingerprint density at radius 1 is 1.04 bits per heavy atom. The summed E-state index contributed by atoms with van der Waals surface area (Å²) >= 11 is 8.28. The number of hydrazine groups is 1. The molecule has 0 fully saturated rings. The van der Waals surface area contributed by atoms with Crippen molar-refractivity contribution in [1.29, 1.82) is 0 Å². The van der Waals surface area contributed by atoms with Gasteiger partial charge in [-0.25, -0.2) is 0 Å². The third kappa shape index (κ3) is 6.07. The third-order valence-electron chi connectivity index (χ3n) is 3.48. The molecule has 28 heavy (non-hydrogen) atoms. The van der Waals surface area contributed by atoms with Gasteiger partial charge in [-0.3, -0.25) is 25.8 Å². The fourth-order valence-corrected chi connectivity index (χ4v) is 2.76. The SMILES string of the molecule is COc1ccc(/C=C/C(=O)NC(=S)NNC(=O)c2ccccc2Br)cc1OC. The molecule has 0 saturated carbocycles. The highest BCUT2D eigenvalue weighted by Gasteiger charge is 2.09. The van der Waals surface area contributed by atoms with E-state index in [1.54, 1.807) is 55.7 Å². The van der Waals surface area contributed by atoms with Crippen LogP contribution in [0.5, 0.6) is 11.5 Å². The topological polar surface area (TPSA) is 88.7 Å². The lowest BCUT2D eigenvalue weighted by Gasteiger charge is -2.10. The molecule has 0 heterocycles. The molecule has 3 N–H and O–H groups in total. The molecule has 0 saturated heterocycles. The average molecular weight is 464 g/mol. The van der Waals surface area contributed by atoms with Gasteiger partial charge in [-0.1, -0.05) is 18.2 Å². The maximum absolute atomic E-state index is 12.1. The van der Waals surface area contributed by atoms with E-state index >= 15 is 0 Å². The minimum Gasteiger partial charge on any atom is -0.493 e. The van der Waals surface area contributed by atoms with E-state index in [-0.39, 0.29) is 5.11 Å². The average Bonchev–Trinajstić information content (AvgIpc) is 2.70. The highest BCUT2D eigenvalue weighted by Crippen LogP contribution is 2.27. The van der Waals surface area contributed by atoms with Crippen LogP contribution in [0.1, 0.15) is 15.9 Å². The van der Waals surface area contributed by atoms with Gasteiger partial charge in [0.2, 0.25) is 5.91 Å². The summed E-state index contributed by atoms with van der Waals surface area (Å²) in [7, 11) is 3.08. The molecule has 7 nitrogen and oxygen atoms in total. The Kier molecular flexibility index (Phi) is 7.97. The van der Waals surface area contributed by atoms with Crippen molar-refractivity contribution in [3.8, 4) is 11.5 Å². The van der Waals surface area contributed by atoms with Crippen LogP contribution in [-0.2, 0) is 4.79 Å². The second-order valence-electron chi connectivity index (χ2n) is 5.33. The lowest BCUT2D eigenvalue weighted by molar-refractivity contribution is -0.115. The lowest BCUT2D eigenvalue weighted by Crippen LogP contribution is -2.48. The minimum absolute atomic E-state index is 0.0395. The third-order valence-corrected chi connectivity index (χ3v) is 4.38. The highest BCUT2D eigenvalue weighted by atomic mass is 79.9. The van der Waals surface area contributed by atoms with Crippen molar-refractivity contribution in [3.05, 3.63) is 64.1 Å².